The summed E-state index contributed by atoms with van der Waals surface area (Å²) in [6.07, 6.45) is -1.27. The van der Waals surface area contributed by atoms with E-state index in [1.54, 1.807) is 50.5 Å². The Labute approximate surface area is 215 Å². The van der Waals surface area contributed by atoms with Gasteiger partial charge in [0.25, 0.3) is 0 Å². The van der Waals surface area contributed by atoms with Crippen molar-refractivity contribution >= 4 is 28.6 Å². The molecule has 190 valence electrons. The lowest BCUT2D eigenvalue weighted by Crippen LogP contribution is -2.35. The number of nitrogens with zero attached hydrogens (tertiary/aromatic N) is 4. The van der Waals surface area contributed by atoms with E-state index in [0.717, 1.165) is 12.1 Å². The van der Waals surface area contributed by atoms with Crippen LogP contribution in [-0.2, 0) is 21.5 Å². The first-order chi connectivity index (χ1) is 17.7. The van der Waals surface area contributed by atoms with Gasteiger partial charge in [0.05, 0.1) is 35.1 Å². The zero-order valence-electron chi connectivity index (χ0n) is 19.9. The molecule has 2 aromatic carbocycles. The number of aromatic nitrogens is 2. The van der Waals surface area contributed by atoms with Crippen molar-refractivity contribution in [1.29, 1.82) is 5.26 Å². The van der Waals surface area contributed by atoms with Gasteiger partial charge in [0.1, 0.15) is 11.9 Å². The van der Waals surface area contributed by atoms with Crippen LogP contribution in [0.4, 0.5) is 18.9 Å². The Morgan fingerprint density at radius 1 is 1.24 bits per heavy atom. The van der Waals surface area contributed by atoms with Crippen LogP contribution in [0.2, 0.25) is 0 Å². The molecule has 0 aliphatic carbocycles. The van der Waals surface area contributed by atoms with E-state index < -0.39 is 23.8 Å². The highest BCUT2D eigenvalue weighted by atomic mass is 32.2. The molecule has 7 nitrogen and oxygen atoms in total. The van der Waals surface area contributed by atoms with Crippen LogP contribution in [0.5, 0.6) is 0 Å². The topological polar surface area (TPSA) is 94.4 Å². The minimum Gasteiger partial charge on any atom is -0.463 e. The molecule has 11 heteroatoms. The quantitative estimate of drug-likeness (QED) is 0.398. The lowest BCUT2D eigenvalue weighted by atomic mass is 9.95. The highest BCUT2D eigenvalue weighted by Crippen LogP contribution is 2.41. The monoisotopic (exact) mass is 525 g/mol. The zero-order valence-corrected chi connectivity index (χ0v) is 20.7. The van der Waals surface area contributed by atoms with Gasteiger partial charge < -0.3 is 9.72 Å². The number of aromatic amines is 1. The molecule has 1 aliphatic rings. The molecule has 1 atom stereocenters. The molecule has 0 amide bonds. The number of esters is 1. The van der Waals surface area contributed by atoms with E-state index in [4.69, 9.17) is 9.73 Å². The number of hydrogen-bond donors (Lipinski definition) is 1. The number of benzene rings is 2. The lowest BCUT2D eigenvalue weighted by molar-refractivity contribution is -0.139. The molecule has 0 radical (unpaired) electrons. The van der Waals surface area contributed by atoms with Crippen LogP contribution < -0.4 is 4.90 Å². The summed E-state index contributed by atoms with van der Waals surface area (Å²) in [5.74, 6) is 0.401. The molecule has 0 fully saturated rings. The number of allylic oxidation sites excluding steroid dienone is 1. The normalized spacial score (nSPS) is 15.8. The number of alkyl halides is 3. The summed E-state index contributed by atoms with van der Waals surface area (Å²) in [5, 5.41) is 9.56. The van der Waals surface area contributed by atoms with E-state index in [1.165, 1.54) is 28.8 Å². The fraction of sp³-hybridized carbons (Fsp3) is 0.231. The van der Waals surface area contributed by atoms with Gasteiger partial charge in [-0.1, -0.05) is 30.0 Å². The smallest absolute Gasteiger partial charge is 0.416 e. The van der Waals surface area contributed by atoms with E-state index in [0.29, 0.717) is 33.6 Å². The summed E-state index contributed by atoms with van der Waals surface area (Å²) in [6.45, 7) is 3.44. The number of carbonyl (C=O) groups excluding carboxylic acids is 1. The van der Waals surface area contributed by atoms with Crippen LogP contribution in [0.3, 0.4) is 0 Å². The maximum absolute atomic E-state index is 13.5. The number of rotatable bonds is 6. The molecule has 0 saturated carbocycles. The number of hydrogen-bond acceptors (Lipinski definition) is 7. The van der Waals surface area contributed by atoms with Crippen LogP contribution >= 0.6 is 11.8 Å². The third-order valence-electron chi connectivity index (χ3n) is 5.60. The van der Waals surface area contributed by atoms with Gasteiger partial charge in [0.15, 0.2) is 5.17 Å². The van der Waals surface area contributed by atoms with Crippen LogP contribution in [0.1, 0.15) is 42.4 Å². The summed E-state index contributed by atoms with van der Waals surface area (Å²) >= 11 is 1.27. The Hall–Kier alpha value is -4.04. The Bertz CT molecular complexity index is 1380. The number of carbonyl (C=O) groups is 1. The number of aliphatic imine (C=N–C) groups is 1. The van der Waals surface area contributed by atoms with Gasteiger partial charge in [-0.3, -0.25) is 4.90 Å². The molecule has 0 saturated heterocycles. The number of nitriles is 1. The van der Waals surface area contributed by atoms with Crippen molar-refractivity contribution in [3.05, 3.63) is 94.7 Å². The molecule has 2 heterocycles. The van der Waals surface area contributed by atoms with Crippen molar-refractivity contribution in [1.82, 2.24) is 9.97 Å². The SMILES string of the molecule is CCOC(=O)C1=C(C)N(c2cccc(C(F)(F)F)c2)C(SCc2ncc[nH]2)=NC1c1ccc(C#N)cc1. The summed E-state index contributed by atoms with van der Waals surface area (Å²) in [6, 6.07) is 12.8. The second-order valence-electron chi connectivity index (χ2n) is 7.98. The molecule has 3 aromatic rings. The fourth-order valence-electron chi connectivity index (χ4n) is 3.88. The number of amidine groups is 1. The van der Waals surface area contributed by atoms with Crippen molar-refractivity contribution in [2.24, 2.45) is 4.99 Å². The molecule has 1 aliphatic heterocycles. The van der Waals surface area contributed by atoms with Gasteiger partial charge in [0.2, 0.25) is 0 Å². The Morgan fingerprint density at radius 3 is 2.62 bits per heavy atom. The van der Waals surface area contributed by atoms with Gasteiger partial charge in [-0.15, -0.1) is 0 Å². The van der Waals surface area contributed by atoms with E-state index >= 15 is 0 Å². The predicted molar refractivity (Wildman–Crippen MR) is 134 cm³/mol. The molecule has 0 spiro atoms. The first-order valence-electron chi connectivity index (χ1n) is 11.3. The van der Waals surface area contributed by atoms with Gasteiger partial charge in [0, 0.05) is 23.8 Å². The molecule has 4 rings (SSSR count). The molecule has 1 N–H and O–H groups in total. The van der Waals surface area contributed by atoms with Crippen molar-refractivity contribution in [3.8, 4) is 6.07 Å². The second kappa shape index (κ2) is 10.9. The van der Waals surface area contributed by atoms with Crippen molar-refractivity contribution < 1.29 is 22.7 Å². The summed E-state index contributed by atoms with van der Waals surface area (Å²) in [7, 11) is 0. The number of thioether (sulfide) groups is 1. The maximum Gasteiger partial charge on any atom is 0.416 e. The third kappa shape index (κ3) is 5.70. The van der Waals surface area contributed by atoms with Crippen molar-refractivity contribution in [2.75, 3.05) is 11.5 Å². The van der Waals surface area contributed by atoms with Gasteiger partial charge in [-0.05, 0) is 49.7 Å². The minimum atomic E-state index is -4.54. The van der Waals surface area contributed by atoms with E-state index in [9.17, 15) is 23.2 Å². The Kier molecular flexibility index (Phi) is 7.69. The molecule has 0 bridgehead atoms. The lowest BCUT2D eigenvalue weighted by Gasteiger charge is -2.35. The number of ether oxygens (including phenoxy) is 1. The van der Waals surface area contributed by atoms with Crippen LogP contribution in [0.15, 0.2) is 77.2 Å². The first kappa shape index (κ1) is 26.0. The molecular weight excluding hydrogens is 503 g/mol. The Morgan fingerprint density at radius 2 is 2.00 bits per heavy atom. The predicted octanol–water partition coefficient (Wildman–Crippen LogP) is 5.99. The fourth-order valence-corrected chi connectivity index (χ4v) is 4.86. The number of nitrogens with one attached hydrogen (secondary N) is 1. The number of H-pyrrole nitrogens is 1. The third-order valence-corrected chi connectivity index (χ3v) is 6.57. The van der Waals surface area contributed by atoms with E-state index in [2.05, 4.69) is 16.0 Å². The van der Waals surface area contributed by atoms with Crippen LogP contribution in [0.25, 0.3) is 0 Å². The van der Waals surface area contributed by atoms with Gasteiger partial charge >= 0.3 is 12.1 Å². The Balaban J connectivity index is 1.86. The summed E-state index contributed by atoms with van der Waals surface area (Å²) in [4.78, 5) is 26.7. The minimum absolute atomic E-state index is 0.114. The van der Waals surface area contributed by atoms with Crippen LogP contribution in [0, 0.1) is 11.3 Å². The average Bonchev–Trinajstić information content (AvgIpc) is 3.40. The van der Waals surface area contributed by atoms with Crippen molar-refractivity contribution in [3.63, 3.8) is 0 Å². The second-order valence-corrected chi connectivity index (χ2v) is 8.92. The van der Waals surface area contributed by atoms with Gasteiger partial charge in [-0.2, -0.15) is 18.4 Å². The van der Waals surface area contributed by atoms with Crippen molar-refractivity contribution in [2.45, 2.75) is 31.8 Å². The van der Waals surface area contributed by atoms with E-state index in [1.807, 2.05) is 0 Å². The molecule has 37 heavy (non-hydrogen) atoms. The standard InChI is InChI=1S/C26H22F3N5O2S/c1-3-36-24(35)22-16(2)34(20-6-4-5-19(13-20)26(27,28)29)25(37-15-21-31-11-12-32-21)33-23(22)18-9-7-17(14-30)8-10-18/h4-13,23H,3,15H2,1-2H3,(H,31,32). The van der Waals surface area contributed by atoms with Gasteiger partial charge in [-0.25, -0.2) is 14.8 Å². The van der Waals surface area contributed by atoms with Crippen LogP contribution in [-0.4, -0.2) is 27.7 Å². The summed E-state index contributed by atoms with van der Waals surface area (Å²) < 4.78 is 45.9. The highest BCUT2D eigenvalue weighted by molar-refractivity contribution is 8.13. The van der Waals surface area contributed by atoms with E-state index in [-0.39, 0.29) is 17.9 Å². The zero-order chi connectivity index (χ0) is 26.6. The number of imidazole rings is 1. The largest absolute Gasteiger partial charge is 0.463 e. The summed E-state index contributed by atoms with van der Waals surface area (Å²) in [5.41, 5.74) is 1.06. The first-order valence-corrected chi connectivity index (χ1v) is 12.3. The highest BCUT2D eigenvalue weighted by Gasteiger charge is 2.36. The number of anilines is 1. The molecule has 1 aromatic heterocycles. The number of halogens is 3. The average molecular weight is 526 g/mol. The molecule has 1 unspecified atom stereocenters. The maximum atomic E-state index is 13.5. The molecular formula is C26H22F3N5O2S.